The molecule has 7 heteroatoms. The molecule has 0 spiro atoms. The predicted octanol–water partition coefficient (Wildman–Crippen LogP) is 0.901. The highest BCUT2D eigenvalue weighted by Gasteiger charge is 2.51. The van der Waals surface area contributed by atoms with Crippen molar-refractivity contribution in [1.29, 1.82) is 0 Å². The number of rotatable bonds is 4. The van der Waals surface area contributed by atoms with Crippen molar-refractivity contribution in [1.82, 2.24) is 9.21 Å². The lowest BCUT2D eigenvalue weighted by molar-refractivity contribution is 0.00883. The first-order valence-corrected chi connectivity index (χ1v) is 9.70. The van der Waals surface area contributed by atoms with Gasteiger partial charge in [-0.2, -0.15) is 0 Å². The van der Waals surface area contributed by atoms with Gasteiger partial charge in [-0.15, -0.1) is 0 Å². The number of fused-ring (bicyclic) bond motifs is 1. The van der Waals surface area contributed by atoms with Crippen molar-refractivity contribution < 1.29 is 17.9 Å². The third-order valence-corrected chi connectivity index (χ3v) is 6.43. The second kappa shape index (κ2) is 6.12. The van der Waals surface area contributed by atoms with Gasteiger partial charge in [0.15, 0.2) is 0 Å². The molecule has 0 amide bonds. The molecule has 23 heavy (non-hydrogen) atoms. The van der Waals surface area contributed by atoms with Crippen LogP contribution in [0.3, 0.4) is 0 Å². The second-order valence-electron chi connectivity index (χ2n) is 6.90. The van der Waals surface area contributed by atoms with Gasteiger partial charge in [-0.25, -0.2) is 17.1 Å². The summed E-state index contributed by atoms with van der Waals surface area (Å²) in [7, 11) is -3.23. The number of hydrogen-bond donors (Lipinski definition) is 1. The summed E-state index contributed by atoms with van der Waals surface area (Å²) in [6.07, 6.45) is 2.10. The fourth-order valence-electron chi connectivity index (χ4n) is 3.89. The van der Waals surface area contributed by atoms with E-state index in [1.54, 1.807) is 12.1 Å². The zero-order valence-electron chi connectivity index (χ0n) is 13.3. The molecule has 1 aromatic carbocycles. The van der Waals surface area contributed by atoms with Crippen LogP contribution >= 0.6 is 0 Å². The van der Waals surface area contributed by atoms with E-state index in [0.717, 1.165) is 18.5 Å². The smallest absolute Gasteiger partial charge is 0.211 e. The third-order valence-electron chi connectivity index (χ3n) is 5.22. The van der Waals surface area contributed by atoms with Crippen molar-refractivity contribution in [3.05, 3.63) is 35.6 Å². The van der Waals surface area contributed by atoms with Crippen molar-refractivity contribution in [2.75, 3.05) is 39.0 Å². The second-order valence-corrected chi connectivity index (χ2v) is 8.88. The van der Waals surface area contributed by atoms with E-state index in [4.69, 9.17) is 0 Å². The minimum atomic E-state index is -3.23. The molecule has 2 heterocycles. The molecule has 5 nitrogen and oxygen atoms in total. The molecule has 1 aromatic rings. The van der Waals surface area contributed by atoms with Crippen LogP contribution in [0, 0.1) is 17.2 Å². The third kappa shape index (κ3) is 3.42. The van der Waals surface area contributed by atoms with Gasteiger partial charge >= 0.3 is 0 Å². The minimum Gasteiger partial charge on any atom is -0.396 e. The van der Waals surface area contributed by atoms with Crippen LogP contribution in [0.25, 0.3) is 0 Å². The van der Waals surface area contributed by atoms with Gasteiger partial charge in [0, 0.05) is 31.6 Å². The zero-order chi connectivity index (χ0) is 16.7. The van der Waals surface area contributed by atoms with E-state index in [9.17, 15) is 17.9 Å². The Bertz CT molecular complexity index is 664. The van der Waals surface area contributed by atoms with E-state index < -0.39 is 10.0 Å². The lowest BCUT2D eigenvalue weighted by Crippen LogP contribution is -2.50. The van der Waals surface area contributed by atoms with Gasteiger partial charge in [0.1, 0.15) is 5.82 Å². The van der Waals surface area contributed by atoms with Crippen molar-refractivity contribution in [2.45, 2.75) is 13.0 Å². The van der Waals surface area contributed by atoms with E-state index in [-0.39, 0.29) is 23.8 Å². The molecule has 2 saturated heterocycles. The highest BCUT2D eigenvalue weighted by atomic mass is 32.2. The first-order chi connectivity index (χ1) is 10.8. The van der Waals surface area contributed by atoms with E-state index >= 15 is 0 Å². The molecule has 0 aliphatic carbocycles. The number of benzene rings is 1. The van der Waals surface area contributed by atoms with Crippen LogP contribution in [0.2, 0.25) is 0 Å². The fourth-order valence-corrected chi connectivity index (χ4v) is 4.83. The van der Waals surface area contributed by atoms with Gasteiger partial charge in [-0.05, 0) is 36.6 Å². The van der Waals surface area contributed by atoms with Crippen LogP contribution in [0.4, 0.5) is 4.39 Å². The minimum absolute atomic E-state index is 0.0103. The standard InChI is InChI=1S/C16H23FN2O3S/c1-23(21,22)19-9-14-6-7-18(10-16(14,11-19)12-20)8-13-2-4-15(17)5-3-13/h2-5,14,20H,6-12H2,1H3/t14-,16+/m0/s1. The van der Waals surface area contributed by atoms with Crippen molar-refractivity contribution in [3.63, 3.8) is 0 Å². The summed E-state index contributed by atoms with van der Waals surface area (Å²) >= 11 is 0. The van der Waals surface area contributed by atoms with Gasteiger partial charge in [0.05, 0.1) is 12.9 Å². The summed E-state index contributed by atoms with van der Waals surface area (Å²) in [4.78, 5) is 2.23. The molecule has 2 fully saturated rings. The maximum atomic E-state index is 13.0. The zero-order valence-corrected chi connectivity index (χ0v) is 14.1. The Balaban J connectivity index is 1.73. The molecule has 128 valence electrons. The Morgan fingerprint density at radius 3 is 2.61 bits per heavy atom. The summed E-state index contributed by atoms with van der Waals surface area (Å²) in [6, 6.07) is 6.44. The average molecular weight is 342 g/mol. The Morgan fingerprint density at radius 1 is 1.30 bits per heavy atom. The highest BCUT2D eigenvalue weighted by Crippen LogP contribution is 2.42. The van der Waals surface area contributed by atoms with Crippen LogP contribution in [-0.2, 0) is 16.6 Å². The van der Waals surface area contributed by atoms with E-state index in [2.05, 4.69) is 4.90 Å². The molecule has 1 N–H and O–H groups in total. The number of likely N-dealkylation sites (tertiary alicyclic amines) is 1. The molecule has 0 unspecified atom stereocenters. The van der Waals surface area contributed by atoms with Gasteiger partial charge in [0.2, 0.25) is 10.0 Å². The number of hydrogen-bond acceptors (Lipinski definition) is 4. The molecule has 0 bridgehead atoms. The Kier molecular flexibility index (Phi) is 4.48. The maximum Gasteiger partial charge on any atom is 0.211 e. The van der Waals surface area contributed by atoms with Crippen molar-refractivity contribution >= 4 is 10.0 Å². The van der Waals surface area contributed by atoms with Crippen LogP contribution < -0.4 is 0 Å². The van der Waals surface area contributed by atoms with E-state index in [1.165, 1.54) is 22.7 Å². The van der Waals surface area contributed by atoms with Crippen molar-refractivity contribution in [2.24, 2.45) is 11.3 Å². The van der Waals surface area contributed by atoms with Crippen LogP contribution in [0.15, 0.2) is 24.3 Å². The lowest BCUT2D eigenvalue weighted by atomic mass is 9.74. The SMILES string of the molecule is CS(=O)(=O)N1C[C@@H]2CCN(Cc3ccc(F)cc3)C[C@]2(CO)C1. The predicted molar refractivity (Wildman–Crippen MR) is 85.7 cm³/mol. The van der Waals surface area contributed by atoms with Crippen LogP contribution in [-0.4, -0.2) is 61.8 Å². The lowest BCUT2D eigenvalue weighted by Gasteiger charge is -2.43. The van der Waals surface area contributed by atoms with Gasteiger partial charge in [-0.1, -0.05) is 12.1 Å². The topological polar surface area (TPSA) is 60.9 Å². The molecule has 0 radical (unpaired) electrons. The summed E-state index contributed by atoms with van der Waals surface area (Å²) in [5.74, 6) is -0.0504. The Morgan fingerprint density at radius 2 is 2.00 bits per heavy atom. The molecule has 0 aromatic heterocycles. The fraction of sp³-hybridized carbons (Fsp3) is 0.625. The van der Waals surface area contributed by atoms with Gasteiger partial charge in [0.25, 0.3) is 0 Å². The van der Waals surface area contributed by atoms with Gasteiger partial charge in [-0.3, -0.25) is 4.90 Å². The molecular formula is C16H23FN2O3S. The molecule has 3 rings (SSSR count). The first-order valence-electron chi connectivity index (χ1n) is 7.85. The normalized spacial score (nSPS) is 29.6. The number of halogens is 1. The number of aliphatic hydroxyl groups is 1. The van der Waals surface area contributed by atoms with E-state index in [0.29, 0.717) is 26.2 Å². The quantitative estimate of drug-likeness (QED) is 0.883. The molecular weight excluding hydrogens is 319 g/mol. The molecule has 2 atom stereocenters. The van der Waals surface area contributed by atoms with Crippen molar-refractivity contribution in [3.8, 4) is 0 Å². The summed E-state index contributed by atoms with van der Waals surface area (Å²) in [5, 5.41) is 9.96. The largest absolute Gasteiger partial charge is 0.396 e. The number of aliphatic hydroxyl groups excluding tert-OH is 1. The number of sulfonamides is 1. The van der Waals surface area contributed by atoms with Gasteiger partial charge < -0.3 is 5.11 Å². The maximum absolute atomic E-state index is 13.0. The van der Waals surface area contributed by atoms with Crippen LogP contribution in [0.5, 0.6) is 0 Å². The summed E-state index contributed by atoms with van der Waals surface area (Å²) in [6.45, 7) is 3.09. The first kappa shape index (κ1) is 16.8. The summed E-state index contributed by atoms with van der Waals surface area (Å²) in [5.41, 5.74) is 0.636. The van der Waals surface area contributed by atoms with E-state index in [1.807, 2.05) is 0 Å². The van der Waals surface area contributed by atoms with Crippen LogP contribution in [0.1, 0.15) is 12.0 Å². The summed E-state index contributed by atoms with van der Waals surface area (Å²) < 4.78 is 38.2. The molecule has 0 saturated carbocycles. The Hall–Kier alpha value is -1.02. The highest BCUT2D eigenvalue weighted by molar-refractivity contribution is 7.88. The average Bonchev–Trinajstić information content (AvgIpc) is 2.89. The monoisotopic (exact) mass is 342 g/mol. The number of nitrogens with zero attached hydrogens (tertiary/aromatic N) is 2. The Labute approximate surface area is 136 Å². The number of piperidine rings is 1. The molecule has 2 aliphatic heterocycles. The molecule has 2 aliphatic rings.